The first kappa shape index (κ1) is 12.8. The van der Waals surface area contributed by atoms with E-state index < -0.39 is 0 Å². The predicted molar refractivity (Wildman–Crippen MR) is 68.1 cm³/mol. The van der Waals surface area contributed by atoms with E-state index in [2.05, 4.69) is 52.5 Å². The Morgan fingerprint density at radius 2 is 1.73 bits per heavy atom. The van der Waals surface area contributed by atoms with Gasteiger partial charge < -0.3 is 0 Å². The average Bonchev–Trinajstić information content (AvgIpc) is 2.00. The van der Waals surface area contributed by atoms with E-state index in [1.807, 2.05) is 0 Å². The summed E-state index contributed by atoms with van der Waals surface area (Å²) in [6.45, 7) is 17.5. The molecule has 1 aliphatic heterocycles. The third-order valence-electron chi connectivity index (χ3n) is 2.95. The maximum Gasteiger partial charge on any atom is 0.0166 e. The van der Waals surface area contributed by atoms with Crippen LogP contribution in [0.3, 0.4) is 0 Å². The van der Waals surface area contributed by atoms with E-state index in [0.717, 1.165) is 6.54 Å². The smallest absolute Gasteiger partial charge is 0.0166 e. The highest BCUT2D eigenvalue weighted by molar-refractivity contribution is 5.14. The molecular weight excluding hydrogens is 182 g/mol. The zero-order chi connectivity index (χ0) is 11.7. The minimum Gasteiger partial charge on any atom is -0.299 e. The van der Waals surface area contributed by atoms with Gasteiger partial charge in [-0.05, 0) is 17.3 Å². The Hall–Kier alpha value is -0.300. The van der Waals surface area contributed by atoms with Crippen molar-refractivity contribution in [2.45, 2.75) is 48.0 Å². The van der Waals surface area contributed by atoms with Crippen LogP contribution in [0.5, 0.6) is 0 Å². The van der Waals surface area contributed by atoms with Gasteiger partial charge in [0.15, 0.2) is 0 Å². The molecule has 0 aromatic heterocycles. The van der Waals surface area contributed by atoms with Gasteiger partial charge in [-0.2, -0.15) is 0 Å². The molecule has 0 fully saturated rings. The van der Waals surface area contributed by atoms with Gasteiger partial charge in [0, 0.05) is 19.6 Å². The van der Waals surface area contributed by atoms with Crippen molar-refractivity contribution < 1.29 is 0 Å². The van der Waals surface area contributed by atoms with Crippen LogP contribution < -0.4 is 0 Å². The summed E-state index contributed by atoms with van der Waals surface area (Å²) in [5.74, 6) is 0. The fourth-order valence-corrected chi connectivity index (χ4v) is 2.21. The molecule has 0 radical (unpaired) electrons. The van der Waals surface area contributed by atoms with E-state index >= 15 is 0 Å². The van der Waals surface area contributed by atoms with Crippen molar-refractivity contribution in [2.24, 2.45) is 10.8 Å². The quantitative estimate of drug-likeness (QED) is 0.595. The molecule has 1 aliphatic rings. The van der Waals surface area contributed by atoms with Crippen molar-refractivity contribution in [3.63, 3.8) is 0 Å². The van der Waals surface area contributed by atoms with Crippen molar-refractivity contribution in [3.8, 4) is 0 Å². The Kier molecular flexibility index (Phi) is 3.65. The molecule has 0 atom stereocenters. The Balaban J connectivity index is 2.52. The molecule has 15 heavy (non-hydrogen) atoms. The van der Waals surface area contributed by atoms with Crippen LogP contribution in [0.2, 0.25) is 0 Å². The average molecular weight is 209 g/mol. The summed E-state index contributed by atoms with van der Waals surface area (Å²) < 4.78 is 0. The Morgan fingerprint density at radius 3 is 2.07 bits per heavy atom. The molecule has 1 nitrogen and oxygen atoms in total. The van der Waals surface area contributed by atoms with Gasteiger partial charge in [0.05, 0.1) is 0 Å². The highest BCUT2D eigenvalue weighted by Crippen LogP contribution is 2.30. The van der Waals surface area contributed by atoms with E-state index in [0.29, 0.717) is 10.8 Å². The number of nitrogens with zero attached hydrogens (tertiary/aromatic N) is 1. The molecule has 0 N–H and O–H groups in total. The lowest BCUT2D eigenvalue weighted by atomic mass is 9.82. The molecule has 0 aliphatic carbocycles. The molecule has 0 bridgehead atoms. The first-order valence-corrected chi connectivity index (χ1v) is 6.10. The molecule has 0 saturated heterocycles. The van der Waals surface area contributed by atoms with Gasteiger partial charge in [0.1, 0.15) is 0 Å². The van der Waals surface area contributed by atoms with Gasteiger partial charge in [-0.25, -0.2) is 0 Å². The van der Waals surface area contributed by atoms with Crippen LogP contribution in [0.4, 0.5) is 0 Å². The van der Waals surface area contributed by atoms with E-state index in [9.17, 15) is 0 Å². The minimum atomic E-state index is 0.369. The number of hydrogen-bond donors (Lipinski definition) is 0. The molecule has 1 heterocycles. The van der Waals surface area contributed by atoms with Crippen LogP contribution in [0.1, 0.15) is 48.0 Å². The third-order valence-corrected chi connectivity index (χ3v) is 2.95. The summed E-state index contributed by atoms with van der Waals surface area (Å²) in [4.78, 5) is 2.56. The SMILES string of the molecule is CC(C)(C)CN1CC=C(C(C)(C)C)CC1. The summed E-state index contributed by atoms with van der Waals surface area (Å²) in [5.41, 5.74) is 2.42. The van der Waals surface area contributed by atoms with Crippen molar-refractivity contribution in [1.29, 1.82) is 0 Å². The normalized spacial score (nSPS) is 20.3. The maximum atomic E-state index is 2.56. The minimum absolute atomic E-state index is 0.369. The lowest BCUT2D eigenvalue weighted by Gasteiger charge is -2.35. The number of rotatable bonds is 1. The highest BCUT2D eigenvalue weighted by atomic mass is 15.1. The van der Waals surface area contributed by atoms with Crippen LogP contribution in [0.25, 0.3) is 0 Å². The van der Waals surface area contributed by atoms with E-state index in [-0.39, 0.29) is 0 Å². The van der Waals surface area contributed by atoms with Crippen molar-refractivity contribution in [1.82, 2.24) is 4.90 Å². The first-order chi connectivity index (χ1) is 6.68. The van der Waals surface area contributed by atoms with E-state index in [1.165, 1.54) is 19.5 Å². The Morgan fingerprint density at radius 1 is 1.13 bits per heavy atom. The summed E-state index contributed by atoms with van der Waals surface area (Å²) >= 11 is 0. The second-order valence-corrected chi connectivity index (χ2v) is 7.03. The van der Waals surface area contributed by atoms with Crippen LogP contribution in [-0.2, 0) is 0 Å². The van der Waals surface area contributed by atoms with E-state index in [4.69, 9.17) is 0 Å². The summed E-state index contributed by atoms with van der Waals surface area (Å²) in [6.07, 6.45) is 3.69. The molecular formula is C14H27N. The lowest BCUT2D eigenvalue weighted by molar-refractivity contribution is 0.197. The van der Waals surface area contributed by atoms with Crippen LogP contribution >= 0.6 is 0 Å². The lowest BCUT2D eigenvalue weighted by Crippen LogP contribution is -2.37. The molecule has 0 saturated carbocycles. The molecule has 1 rings (SSSR count). The highest BCUT2D eigenvalue weighted by Gasteiger charge is 2.23. The van der Waals surface area contributed by atoms with Crippen LogP contribution in [0.15, 0.2) is 11.6 Å². The van der Waals surface area contributed by atoms with Gasteiger partial charge >= 0.3 is 0 Å². The van der Waals surface area contributed by atoms with Gasteiger partial charge in [-0.3, -0.25) is 4.90 Å². The zero-order valence-electron chi connectivity index (χ0n) is 11.4. The first-order valence-electron chi connectivity index (χ1n) is 6.10. The largest absolute Gasteiger partial charge is 0.299 e. The maximum absolute atomic E-state index is 2.56. The zero-order valence-corrected chi connectivity index (χ0v) is 11.4. The number of hydrogen-bond acceptors (Lipinski definition) is 1. The second kappa shape index (κ2) is 4.29. The molecule has 0 spiro atoms. The fourth-order valence-electron chi connectivity index (χ4n) is 2.21. The summed E-state index contributed by atoms with van der Waals surface area (Å²) in [6, 6.07) is 0. The van der Waals surface area contributed by atoms with Gasteiger partial charge in [0.2, 0.25) is 0 Å². The fraction of sp³-hybridized carbons (Fsp3) is 0.857. The van der Waals surface area contributed by atoms with Crippen LogP contribution in [0, 0.1) is 10.8 Å². The molecule has 88 valence electrons. The third kappa shape index (κ3) is 4.38. The summed E-state index contributed by atoms with van der Waals surface area (Å²) in [7, 11) is 0. The van der Waals surface area contributed by atoms with Crippen molar-refractivity contribution in [3.05, 3.63) is 11.6 Å². The molecule has 1 heteroatoms. The standard InChI is InChI=1S/C14H27N/c1-13(2,3)11-15-9-7-12(8-10-15)14(4,5)6/h7H,8-11H2,1-6H3. The van der Waals surface area contributed by atoms with Crippen LogP contribution in [-0.4, -0.2) is 24.5 Å². The topological polar surface area (TPSA) is 3.24 Å². The van der Waals surface area contributed by atoms with Gasteiger partial charge in [-0.15, -0.1) is 0 Å². The van der Waals surface area contributed by atoms with Gasteiger partial charge in [-0.1, -0.05) is 53.2 Å². The predicted octanol–water partition coefficient (Wildman–Crippen LogP) is 3.71. The van der Waals surface area contributed by atoms with Crippen molar-refractivity contribution >= 4 is 0 Å². The summed E-state index contributed by atoms with van der Waals surface area (Å²) in [5, 5.41) is 0. The van der Waals surface area contributed by atoms with Crippen molar-refractivity contribution in [2.75, 3.05) is 19.6 Å². The Bertz CT molecular complexity index is 237. The molecule has 0 amide bonds. The Labute approximate surface area is 95.5 Å². The van der Waals surface area contributed by atoms with E-state index in [1.54, 1.807) is 5.57 Å². The monoisotopic (exact) mass is 209 g/mol. The molecule has 0 aromatic carbocycles. The van der Waals surface area contributed by atoms with Gasteiger partial charge in [0.25, 0.3) is 0 Å². The molecule has 0 unspecified atom stereocenters. The second-order valence-electron chi connectivity index (χ2n) is 7.03. The molecule has 0 aromatic rings.